The lowest BCUT2D eigenvalue weighted by Crippen LogP contribution is -2.35. The largest absolute Gasteiger partial charge is 0.378 e. The van der Waals surface area contributed by atoms with Gasteiger partial charge in [0.15, 0.2) is 0 Å². The van der Waals surface area contributed by atoms with Gasteiger partial charge in [0.25, 0.3) is 5.91 Å². The number of amides is 1. The summed E-state index contributed by atoms with van der Waals surface area (Å²) in [6.45, 7) is 13.0. The van der Waals surface area contributed by atoms with E-state index < -0.39 is 0 Å². The minimum absolute atomic E-state index is 0.0335. The Hall–Kier alpha value is -2.07. The van der Waals surface area contributed by atoms with Gasteiger partial charge in [0, 0.05) is 30.6 Å². The zero-order chi connectivity index (χ0) is 18.3. The number of hydrogen-bond acceptors (Lipinski definition) is 4. The van der Waals surface area contributed by atoms with Crippen LogP contribution < -0.4 is 10.2 Å². The number of carbonyl (C=O) groups is 1. The maximum atomic E-state index is 12.5. The van der Waals surface area contributed by atoms with E-state index in [9.17, 15) is 4.79 Å². The van der Waals surface area contributed by atoms with Crippen molar-refractivity contribution in [3.8, 4) is 0 Å². The van der Waals surface area contributed by atoms with Crippen LogP contribution in [0.5, 0.6) is 0 Å². The van der Waals surface area contributed by atoms with E-state index in [0.717, 1.165) is 39.8 Å². The number of hydrogen-bond donors (Lipinski definition) is 1. The van der Waals surface area contributed by atoms with Gasteiger partial charge in [-0.3, -0.25) is 4.79 Å². The monoisotopic (exact) mass is 387 g/mol. The van der Waals surface area contributed by atoms with Gasteiger partial charge in [0.1, 0.15) is 0 Å². The number of anilines is 1. The second-order valence-corrected chi connectivity index (χ2v) is 7.89. The predicted octanol–water partition coefficient (Wildman–Crippen LogP) is 3.97. The second kappa shape index (κ2) is 6.92. The number of nitrogens with zero attached hydrogens (tertiary/aromatic N) is 2. The van der Waals surface area contributed by atoms with Crippen LogP contribution in [0.1, 0.15) is 32.3 Å². The molecule has 1 fully saturated rings. The van der Waals surface area contributed by atoms with E-state index in [1.807, 2.05) is 25.1 Å². The zero-order valence-electron chi connectivity index (χ0n) is 14.3. The smallest absolute Gasteiger partial charge is 0.260 e. The van der Waals surface area contributed by atoms with E-state index >= 15 is 0 Å². The molecular formula is C19H18ClN3O2S. The van der Waals surface area contributed by atoms with Crippen molar-refractivity contribution in [3.63, 3.8) is 0 Å². The molecule has 1 aromatic heterocycles. The van der Waals surface area contributed by atoms with Gasteiger partial charge in [0.2, 0.25) is 5.69 Å². The summed E-state index contributed by atoms with van der Waals surface area (Å²) in [5, 5.41) is 4.59. The van der Waals surface area contributed by atoms with Gasteiger partial charge in [0.05, 0.1) is 29.7 Å². The molecule has 1 N–H and O–H groups in total. The summed E-state index contributed by atoms with van der Waals surface area (Å²) in [6, 6.07) is 5.92. The fourth-order valence-electron chi connectivity index (χ4n) is 3.55. The van der Waals surface area contributed by atoms with E-state index in [0.29, 0.717) is 30.3 Å². The molecule has 26 heavy (non-hydrogen) atoms. The molecule has 0 aliphatic carbocycles. The average Bonchev–Trinajstić information content (AvgIpc) is 3.06. The maximum absolute atomic E-state index is 12.5. The third kappa shape index (κ3) is 2.86. The lowest BCUT2D eigenvalue weighted by molar-refractivity contribution is 0.0947. The summed E-state index contributed by atoms with van der Waals surface area (Å²) in [5.74, 6) is -0.120. The van der Waals surface area contributed by atoms with Crippen LogP contribution in [0.2, 0.25) is 5.02 Å². The van der Waals surface area contributed by atoms with Crippen LogP contribution >= 0.6 is 22.9 Å². The SMILES string of the molecule is [C-]#[N+]c1c(N2CCOCC2)sc2c1C(c1ccc(Cl)c(C)c1)CNC2=O. The predicted molar refractivity (Wildman–Crippen MR) is 104 cm³/mol. The van der Waals surface area contributed by atoms with Crippen LogP contribution in [0.15, 0.2) is 18.2 Å². The average molecular weight is 388 g/mol. The molecule has 0 bridgehead atoms. The molecular weight excluding hydrogens is 370 g/mol. The Balaban J connectivity index is 1.84. The molecule has 1 unspecified atom stereocenters. The Morgan fingerprint density at radius 1 is 1.38 bits per heavy atom. The lowest BCUT2D eigenvalue weighted by atomic mass is 9.87. The number of halogens is 1. The molecule has 1 aromatic carbocycles. The normalized spacial score (nSPS) is 19.7. The number of aryl methyl sites for hydroxylation is 1. The number of morpholine rings is 1. The Morgan fingerprint density at radius 3 is 2.85 bits per heavy atom. The topological polar surface area (TPSA) is 45.9 Å². The Bertz CT molecular complexity index is 912. The first kappa shape index (κ1) is 17.3. The summed E-state index contributed by atoms with van der Waals surface area (Å²) < 4.78 is 5.43. The Morgan fingerprint density at radius 2 is 2.15 bits per heavy atom. The summed E-state index contributed by atoms with van der Waals surface area (Å²) in [6.07, 6.45) is 0. The molecule has 2 aliphatic heterocycles. The molecule has 4 rings (SSSR count). The molecule has 2 aliphatic rings. The number of rotatable bonds is 2. The molecule has 0 radical (unpaired) electrons. The Labute approximate surface area is 161 Å². The highest BCUT2D eigenvalue weighted by atomic mass is 35.5. The van der Waals surface area contributed by atoms with Crippen molar-refractivity contribution in [2.75, 3.05) is 37.7 Å². The third-order valence-corrected chi connectivity index (χ3v) is 6.60. The van der Waals surface area contributed by atoms with Gasteiger partial charge < -0.3 is 15.0 Å². The molecule has 0 saturated carbocycles. The van der Waals surface area contributed by atoms with Gasteiger partial charge in [-0.1, -0.05) is 23.7 Å². The van der Waals surface area contributed by atoms with E-state index in [2.05, 4.69) is 15.1 Å². The molecule has 2 aromatic rings. The van der Waals surface area contributed by atoms with Crippen molar-refractivity contribution in [1.29, 1.82) is 0 Å². The van der Waals surface area contributed by atoms with Crippen LogP contribution in [0.3, 0.4) is 0 Å². The molecule has 3 heterocycles. The van der Waals surface area contributed by atoms with Crippen molar-refractivity contribution in [2.45, 2.75) is 12.8 Å². The maximum Gasteiger partial charge on any atom is 0.260 e. The zero-order valence-corrected chi connectivity index (χ0v) is 15.9. The van der Waals surface area contributed by atoms with Crippen molar-refractivity contribution < 1.29 is 9.53 Å². The van der Waals surface area contributed by atoms with Crippen LogP contribution in [0, 0.1) is 13.5 Å². The van der Waals surface area contributed by atoms with E-state index in [4.69, 9.17) is 22.9 Å². The molecule has 1 atom stereocenters. The minimum Gasteiger partial charge on any atom is -0.378 e. The quantitative estimate of drug-likeness (QED) is 0.793. The van der Waals surface area contributed by atoms with E-state index in [1.54, 1.807) is 0 Å². The standard InChI is InChI=1S/C19H18ClN3O2S/c1-11-9-12(3-4-14(11)20)13-10-22-18(24)17-15(13)16(21-2)19(26-17)23-5-7-25-8-6-23/h3-4,9,13H,5-8,10H2,1H3,(H,22,24). The molecule has 1 amide bonds. The first-order valence-corrected chi connectivity index (χ1v) is 9.70. The fraction of sp³-hybridized carbons (Fsp3) is 0.368. The molecule has 134 valence electrons. The van der Waals surface area contributed by atoms with Gasteiger partial charge in [-0.25, -0.2) is 4.85 Å². The number of nitrogens with one attached hydrogen (secondary N) is 1. The van der Waals surface area contributed by atoms with Crippen molar-refractivity contribution in [1.82, 2.24) is 5.32 Å². The lowest BCUT2D eigenvalue weighted by Gasteiger charge is -2.28. The highest BCUT2D eigenvalue weighted by Gasteiger charge is 2.35. The van der Waals surface area contributed by atoms with E-state index in [1.165, 1.54) is 11.3 Å². The summed E-state index contributed by atoms with van der Waals surface area (Å²) >= 11 is 7.60. The Kier molecular flexibility index (Phi) is 4.62. The second-order valence-electron chi connectivity index (χ2n) is 6.48. The highest BCUT2D eigenvalue weighted by Crippen LogP contribution is 2.49. The minimum atomic E-state index is -0.0867. The van der Waals surface area contributed by atoms with Gasteiger partial charge >= 0.3 is 0 Å². The summed E-state index contributed by atoms with van der Waals surface area (Å²) in [5.41, 5.74) is 3.54. The number of thiophene rings is 1. The first-order chi connectivity index (χ1) is 12.6. The number of benzene rings is 1. The van der Waals surface area contributed by atoms with Crippen molar-refractivity contribution in [3.05, 3.63) is 56.2 Å². The number of fused-ring (bicyclic) bond motifs is 1. The van der Waals surface area contributed by atoms with Crippen molar-refractivity contribution in [2.24, 2.45) is 0 Å². The molecule has 5 nitrogen and oxygen atoms in total. The molecule has 1 saturated heterocycles. The fourth-order valence-corrected chi connectivity index (χ4v) is 4.94. The summed E-state index contributed by atoms with van der Waals surface area (Å²) in [7, 11) is 0. The van der Waals surface area contributed by atoms with Gasteiger partial charge in [-0.05, 0) is 29.7 Å². The van der Waals surface area contributed by atoms with Crippen LogP contribution in [0.25, 0.3) is 4.85 Å². The first-order valence-electron chi connectivity index (χ1n) is 8.51. The molecule has 7 heteroatoms. The van der Waals surface area contributed by atoms with Crippen LogP contribution in [-0.4, -0.2) is 38.8 Å². The van der Waals surface area contributed by atoms with Crippen LogP contribution in [-0.2, 0) is 4.74 Å². The summed E-state index contributed by atoms with van der Waals surface area (Å²) in [4.78, 5) is 19.1. The highest BCUT2D eigenvalue weighted by molar-refractivity contribution is 7.19. The van der Waals surface area contributed by atoms with Crippen LogP contribution in [0.4, 0.5) is 10.7 Å². The molecule has 0 spiro atoms. The van der Waals surface area contributed by atoms with Gasteiger partial charge in [-0.15, -0.1) is 11.3 Å². The third-order valence-electron chi connectivity index (χ3n) is 4.92. The van der Waals surface area contributed by atoms with Crippen molar-refractivity contribution >= 4 is 39.5 Å². The number of ether oxygens (including phenoxy) is 1. The van der Waals surface area contributed by atoms with E-state index in [-0.39, 0.29) is 11.8 Å². The number of carbonyl (C=O) groups excluding carboxylic acids is 1. The van der Waals surface area contributed by atoms with Gasteiger partial charge in [-0.2, -0.15) is 0 Å².